The molecule has 4 aliphatic heterocycles. The third-order valence-electron chi connectivity index (χ3n) is 5.12. The molecule has 6 rings (SSSR count). The van der Waals surface area contributed by atoms with Gasteiger partial charge in [-0.15, -0.1) is 0 Å². The van der Waals surface area contributed by atoms with E-state index in [1.165, 1.54) is 17.8 Å². The summed E-state index contributed by atoms with van der Waals surface area (Å²) >= 11 is -1.33. The zero-order valence-corrected chi connectivity index (χ0v) is 17.5. The SMILES string of the molecule is O=C1NC(=O)/C(=[C]2\c3cc[c]4c(c3)C=[C](CCc3ccccc3)[In]24)S1. The summed E-state index contributed by atoms with van der Waals surface area (Å²) < 4.78 is 4.23. The summed E-state index contributed by atoms with van der Waals surface area (Å²) in [6.07, 6.45) is 4.43. The Balaban J connectivity index is 1.52. The molecule has 0 aliphatic carbocycles. The van der Waals surface area contributed by atoms with Crippen LogP contribution < -0.4 is 8.64 Å². The first-order chi connectivity index (χ1) is 12.2. The van der Waals surface area contributed by atoms with E-state index in [4.69, 9.17) is 0 Å². The molecule has 4 aliphatic rings. The van der Waals surface area contributed by atoms with Crippen LogP contribution in [0.25, 0.3) is 9.41 Å². The molecule has 1 fully saturated rings. The van der Waals surface area contributed by atoms with E-state index in [1.54, 1.807) is 3.33 Å². The number of thioether (sulfide) groups is 1. The van der Waals surface area contributed by atoms with Crippen LogP contribution in [0, 0.1) is 0 Å². The molecule has 1 N–H and O–H groups in total. The number of carbonyl (C=O) groups excluding carboxylic acids is 2. The van der Waals surface area contributed by atoms with Crippen LogP contribution in [0.3, 0.4) is 0 Å². The van der Waals surface area contributed by atoms with Crippen molar-refractivity contribution in [1.82, 2.24) is 5.32 Å². The molecule has 25 heavy (non-hydrogen) atoms. The second-order valence-electron chi connectivity index (χ2n) is 6.57. The second kappa shape index (κ2) is 5.92. The fraction of sp³-hybridized carbons (Fsp3) is 0.100. The molecule has 1 saturated heterocycles. The summed E-state index contributed by atoms with van der Waals surface area (Å²) in [4.78, 5) is 24.6. The van der Waals surface area contributed by atoms with Gasteiger partial charge < -0.3 is 0 Å². The maximum absolute atomic E-state index is 12.3. The van der Waals surface area contributed by atoms with Crippen LogP contribution >= 0.6 is 11.8 Å². The average molecular weight is 447 g/mol. The van der Waals surface area contributed by atoms with Gasteiger partial charge >= 0.3 is 158 Å². The molecular formula is C20H14InNO2S. The van der Waals surface area contributed by atoms with Crippen molar-refractivity contribution in [1.29, 1.82) is 0 Å². The predicted octanol–water partition coefficient (Wildman–Crippen LogP) is 3.20. The van der Waals surface area contributed by atoms with Gasteiger partial charge in [-0.25, -0.2) is 0 Å². The molecule has 5 heteroatoms. The number of carbonyl (C=O) groups is 2. The molecule has 0 unspecified atom stereocenters. The van der Waals surface area contributed by atoms with Gasteiger partial charge in [0.1, 0.15) is 0 Å². The molecule has 0 aromatic heterocycles. The van der Waals surface area contributed by atoms with Crippen molar-refractivity contribution in [3.8, 4) is 0 Å². The number of rotatable bonds is 3. The average Bonchev–Trinajstić information content (AvgIpc) is 3.11. The Morgan fingerprint density at radius 2 is 1.84 bits per heavy atom. The number of hydrogen-bond donors (Lipinski definition) is 1. The molecule has 120 valence electrons. The molecule has 0 atom stereocenters. The normalized spacial score (nSPS) is 20.3. The van der Waals surface area contributed by atoms with E-state index in [-0.39, 0.29) is 11.1 Å². The van der Waals surface area contributed by atoms with Crippen molar-refractivity contribution in [3.63, 3.8) is 0 Å². The fourth-order valence-electron chi connectivity index (χ4n) is 4.02. The fourth-order valence-corrected chi connectivity index (χ4v) is 16.2. The molecule has 2 aromatic carbocycles. The van der Waals surface area contributed by atoms with Crippen LogP contribution in [-0.4, -0.2) is 32.6 Å². The van der Waals surface area contributed by atoms with Crippen molar-refractivity contribution >= 4 is 57.1 Å². The Hall–Kier alpha value is -1.72. The van der Waals surface area contributed by atoms with Crippen LogP contribution in [0.5, 0.6) is 0 Å². The summed E-state index contributed by atoms with van der Waals surface area (Å²) in [6.45, 7) is 0. The molecule has 3 nitrogen and oxygen atoms in total. The van der Waals surface area contributed by atoms with Crippen molar-refractivity contribution in [2.24, 2.45) is 0 Å². The summed E-state index contributed by atoms with van der Waals surface area (Å²) in [5.41, 5.74) is 3.85. The summed E-state index contributed by atoms with van der Waals surface area (Å²) in [5, 5.41) is 2.18. The molecule has 4 heterocycles. The van der Waals surface area contributed by atoms with E-state index < -0.39 is 21.4 Å². The number of aryl methyl sites for hydroxylation is 1. The summed E-state index contributed by atoms with van der Waals surface area (Å²) in [6, 6.07) is 17.1. The monoisotopic (exact) mass is 447 g/mol. The number of allylic oxidation sites excluding steroid dienone is 1. The van der Waals surface area contributed by atoms with Gasteiger partial charge in [0.25, 0.3) is 0 Å². The van der Waals surface area contributed by atoms with Crippen LogP contribution in [0.4, 0.5) is 4.79 Å². The van der Waals surface area contributed by atoms with Crippen molar-refractivity contribution in [2.45, 2.75) is 12.8 Å². The predicted molar refractivity (Wildman–Crippen MR) is 103 cm³/mol. The van der Waals surface area contributed by atoms with Crippen molar-refractivity contribution in [2.75, 3.05) is 0 Å². The topological polar surface area (TPSA) is 46.2 Å². The first-order valence-corrected chi connectivity index (χ1v) is 14.1. The molecular weight excluding hydrogens is 433 g/mol. The molecule has 0 saturated carbocycles. The minimum atomic E-state index is -2.42. The van der Waals surface area contributed by atoms with E-state index in [9.17, 15) is 9.59 Å². The Morgan fingerprint density at radius 1 is 1.00 bits per heavy atom. The zero-order valence-electron chi connectivity index (χ0n) is 13.4. The number of fused-ring (bicyclic) bond motifs is 1. The van der Waals surface area contributed by atoms with Crippen molar-refractivity contribution in [3.05, 3.63) is 73.5 Å². The molecule has 4 bridgehead atoms. The number of hydrogen-bond acceptors (Lipinski definition) is 3. The number of imide groups is 1. The summed E-state index contributed by atoms with van der Waals surface area (Å²) in [7, 11) is 0. The number of amides is 2. The zero-order chi connectivity index (χ0) is 17.0. The van der Waals surface area contributed by atoms with Crippen LogP contribution in [0.2, 0.25) is 0 Å². The van der Waals surface area contributed by atoms with E-state index in [0.29, 0.717) is 4.91 Å². The molecule has 2 amide bonds. The van der Waals surface area contributed by atoms with E-state index in [1.807, 2.05) is 6.07 Å². The van der Waals surface area contributed by atoms with Gasteiger partial charge in [0.2, 0.25) is 0 Å². The van der Waals surface area contributed by atoms with E-state index in [2.05, 4.69) is 53.9 Å². The van der Waals surface area contributed by atoms with E-state index >= 15 is 0 Å². The van der Waals surface area contributed by atoms with E-state index in [0.717, 1.165) is 30.2 Å². The quantitative estimate of drug-likeness (QED) is 0.736. The number of benzene rings is 2. The van der Waals surface area contributed by atoms with Crippen LogP contribution in [-0.2, 0) is 11.2 Å². The van der Waals surface area contributed by atoms with Gasteiger partial charge in [0.05, 0.1) is 0 Å². The van der Waals surface area contributed by atoms with Gasteiger partial charge in [-0.1, -0.05) is 0 Å². The van der Waals surface area contributed by atoms with Gasteiger partial charge in [0.15, 0.2) is 0 Å². The Kier molecular flexibility index (Phi) is 3.68. The van der Waals surface area contributed by atoms with Crippen molar-refractivity contribution < 1.29 is 9.59 Å². The number of nitrogens with one attached hydrogen (secondary N) is 1. The van der Waals surface area contributed by atoms with Gasteiger partial charge in [0, 0.05) is 0 Å². The maximum atomic E-state index is 12.3. The van der Waals surface area contributed by atoms with Gasteiger partial charge in [-0.3, -0.25) is 0 Å². The Bertz CT molecular complexity index is 994. The Morgan fingerprint density at radius 3 is 2.60 bits per heavy atom. The molecule has 2 aromatic rings. The minimum absolute atomic E-state index is 0.208. The molecule has 0 spiro atoms. The standard InChI is InChI=1S/C20H14NO2S.In/c22-19-18(24-20(23)21-19)14-17-12-6-11-16(13-17)10-5-4-9-15-7-2-1-3-8-15;/h1-3,6-8,10,12-13H,4,9H2,(H,21,22,23);. The first-order valence-electron chi connectivity index (χ1n) is 8.37. The van der Waals surface area contributed by atoms with Crippen LogP contribution in [0.15, 0.2) is 56.8 Å². The second-order valence-corrected chi connectivity index (χ2v) is 15.6. The molecule has 0 radical (unpaired) electrons. The Labute approximate surface area is 157 Å². The third-order valence-corrected chi connectivity index (χ3v) is 16.7. The van der Waals surface area contributed by atoms with Crippen LogP contribution in [0.1, 0.15) is 23.1 Å². The summed E-state index contributed by atoms with van der Waals surface area (Å²) in [5.74, 6) is -0.208. The first kappa shape index (κ1) is 15.5. The third kappa shape index (κ3) is 2.52. The van der Waals surface area contributed by atoms with Gasteiger partial charge in [-0.2, -0.15) is 0 Å². The van der Waals surface area contributed by atoms with Gasteiger partial charge in [-0.05, 0) is 0 Å².